The molecular formula is C13H17N5O. The highest BCUT2D eigenvalue weighted by atomic mass is 16.1. The Morgan fingerprint density at radius 2 is 2.11 bits per heavy atom. The maximum absolute atomic E-state index is 11.8. The fourth-order valence-corrected chi connectivity index (χ4v) is 1.70. The lowest BCUT2D eigenvalue weighted by Crippen LogP contribution is -2.25. The van der Waals surface area contributed by atoms with E-state index in [-0.39, 0.29) is 5.91 Å². The van der Waals surface area contributed by atoms with Crippen LogP contribution in [-0.4, -0.2) is 22.2 Å². The Kier molecular flexibility index (Phi) is 4.52. The van der Waals surface area contributed by atoms with Crippen molar-refractivity contribution in [1.29, 1.82) is 0 Å². The Morgan fingerprint density at radius 3 is 2.74 bits per heavy atom. The van der Waals surface area contributed by atoms with E-state index in [1.165, 1.54) is 0 Å². The van der Waals surface area contributed by atoms with Gasteiger partial charge in [0.25, 0.3) is 5.91 Å². The summed E-state index contributed by atoms with van der Waals surface area (Å²) in [6.07, 6.45) is 4.49. The summed E-state index contributed by atoms with van der Waals surface area (Å²) in [5.74, 6) is 5.18. The highest BCUT2D eigenvalue weighted by molar-refractivity contribution is 5.94. The van der Waals surface area contributed by atoms with Gasteiger partial charge in [-0.05, 0) is 36.8 Å². The number of anilines is 1. The SMILES string of the molecule is NNc1ccc(C(=O)NCCCn2cccn2)cc1. The summed E-state index contributed by atoms with van der Waals surface area (Å²) in [7, 11) is 0. The van der Waals surface area contributed by atoms with Crippen molar-refractivity contribution < 1.29 is 4.79 Å². The zero-order valence-corrected chi connectivity index (χ0v) is 10.5. The molecule has 19 heavy (non-hydrogen) atoms. The maximum Gasteiger partial charge on any atom is 0.251 e. The number of aromatic nitrogens is 2. The molecule has 1 heterocycles. The molecule has 1 aromatic carbocycles. The normalized spacial score (nSPS) is 10.2. The Hall–Kier alpha value is -2.34. The van der Waals surface area contributed by atoms with Crippen molar-refractivity contribution in [2.24, 2.45) is 5.84 Å². The van der Waals surface area contributed by atoms with E-state index in [4.69, 9.17) is 5.84 Å². The van der Waals surface area contributed by atoms with Crippen LogP contribution in [0.4, 0.5) is 5.69 Å². The predicted molar refractivity (Wildman–Crippen MR) is 73.4 cm³/mol. The first-order valence-electron chi connectivity index (χ1n) is 6.12. The van der Waals surface area contributed by atoms with Crippen molar-refractivity contribution in [1.82, 2.24) is 15.1 Å². The number of nitrogens with one attached hydrogen (secondary N) is 2. The molecule has 6 nitrogen and oxygen atoms in total. The molecule has 0 spiro atoms. The van der Waals surface area contributed by atoms with Crippen LogP contribution >= 0.6 is 0 Å². The topological polar surface area (TPSA) is 85.0 Å². The predicted octanol–water partition coefficient (Wildman–Crippen LogP) is 0.989. The second kappa shape index (κ2) is 6.55. The number of hydrogen-bond acceptors (Lipinski definition) is 4. The van der Waals surface area contributed by atoms with E-state index in [2.05, 4.69) is 15.8 Å². The lowest BCUT2D eigenvalue weighted by molar-refractivity contribution is 0.0952. The molecule has 2 rings (SSSR count). The second-order valence-electron chi connectivity index (χ2n) is 4.10. The molecule has 0 unspecified atom stereocenters. The van der Waals surface area contributed by atoms with Gasteiger partial charge in [0.05, 0.1) is 0 Å². The number of hydrogen-bond donors (Lipinski definition) is 3. The molecule has 100 valence electrons. The largest absolute Gasteiger partial charge is 0.352 e. The maximum atomic E-state index is 11.8. The third kappa shape index (κ3) is 3.82. The van der Waals surface area contributed by atoms with Crippen molar-refractivity contribution in [3.63, 3.8) is 0 Å². The van der Waals surface area contributed by atoms with Gasteiger partial charge in [-0.3, -0.25) is 15.3 Å². The molecule has 1 aromatic heterocycles. The molecule has 4 N–H and O–H groups in total. The highest BCUT2D eigenvalue weighted by Gasteiger charge is 2.04. The van der Waals surface area contributed by atoms with Crippen LogP contribution in [0.1, 0.15) is 16.8 Å². The van der Waals surface area contributed by atoms with Crippen molar-refractivity contribution in [3.8, 4) is 0 Å². The van der Waals surface area contributed by atoms with Gasteiger partial charge in [0.15, 0.2) is 0 Å². The van der Waals surface area contributed by atoms with Gasteiger partial charge >= 0.3 is 0 Å². The van der Waals surface area contributed by atoms with Gasteiger partial charge in [0.2, 0.25) is 0 Å². The van der Waals surface area contributed by atoms with E-state index < -0.39 is 0 Å². The number of nitrogens with two attached hydrogens (primary N) is 1. The fourth-order valence-electron chi connectivity index (χ4n) is 1.70. The van der Waals surface area contributed by atoms with Crippen LogP contribution in [0.3, 0.4) is 0 Å². The molecule has 0 atom stereocenters. The van der Waals surface area contributed by atoms with Crippen molar-refractivity contribution in [2.75, 3.05) is 12.0 Å². The number of benzene rings is 1. The first-order valence-corrected chi connectivity index (χ1v) is 6.12. The summed E-state index contributed by atoms with van der Waals surface area (Å²) >= 11 is 0. The first-order chi connectivity index (χ1) is 9.29. The van der Waals surface area contributed by atoms with Crippen molar-refractivity contribution >= 4 is 11.6 Å². The zero-order valence-electron chi connectivity index (χ0n) is 10.5. The fraction of sp³-hybridized carbons (Fsp3) is 0.231. The third-order valence-electron chi connectivity index (χ3n) is 2.72. The quantitative estimate of drug-likeness (QED) is 0.410. The summed E-state index contributed by atoms with van der Waals surface area (Å²) in [6.45, 7) is 1.42. The minimum absolute atomic E-state index is 0.0796. The monoisotopic (exact) mass is 259 g/mol. The second-order valence-corrected chi connectivity index (χ2v) is 4.10. The third-order valence-corrected chi connectivity index (χ3v) is 2.72. The molecule has 0 radical (unpaired) electrons. The van der Waals surface area contributed by atoms with Gasteiger partial charge in [-0.1, -0.05) is 0 Å². The van der Waals surface area contributed by atoms with Gasteiger partial charge in [-0.15, -0.1) is 0 Å². The Balaban J connectivity index is 1.74. The van der Waals surface area contributed by atoms with Gasteiger partial charge in [-0.2, -0.15) is 5.10 Å². The molecule has 2 aromatic rings. The number of hydrazine groups is 1. The van der Waals surface area contributed by atoms with Gasteiger partial charge < -0.3 is 10.7 Å². The lowest BCUT2D eigenvalue weighted by Gasteiger charge is -2.06. The van der Waals surface area contributed by atoms with E-state index >= 15 is 0 Å². The van der Waals surface area contributed by atoms with Crippen LogP contribution in [-0.2, 0) is 6.54 Å². The average Bonchev–Trinajstić information content (AvgIpc) is 2.96. The molecule has 0 bridgehead atoms. The van der Waals surface area contributed by atoms with Gasteiger partial charge in [-0.25, -0.2) is 0 Å². The van der Waals surface area contributed by atoms with Crippen LogP contribution in [0.15, 0.2) is 42.7 Å². The molecule has 0 aliphatic heterocycles. The summed E-state index contributed by atoms with van der Waals surface area (Å²) in [5.41, 5.74) is 3.92. The minimum Gasteiger partial charge on any atom is -0.352 e. The average molecular weight is 259 g/mol. The molecular weight excluding hydrogens is 242 g/mol. The summed E-state index contributed by atoms with van der Waals surface area (Å²) in [6, 6.07) is 8.87. The van der Waals surface area contributed by atoms with Crippen LogP contribution in [0, 0.1) is 0 Å². The first kappa shape index (κ1) is 13.1. The Labute approximate surface area is 111 Å². The molecule has 0 saturated carbocycles. The van der Waals surface area contributed by atoms with Crippen LogP contribution < -0.4 is 16.6 Å². The van der Waals surface area contributed by atoms with E-state index in [0.717, 1.165) is 18.7 Å². The van der Waals surface area contributed by atoms with E-state index in [0.29, 0.717) is 12.1 Å². The molecule has 6 heteroatoms. The molecule has 1 amide bonds. The number of nitrogen functional groups attached to an aromatic ring is 1. The summed E-state index contributed by atoms with van der Waals surface area (Å²) < 4.78 is 1.84. The molecule has 0 saturated heterocycles. The van der Waals surface area contributed by atoms with Crippen molar-refractivity contribution in [3.05, 3.63) is 48.3 Å². The number of aryl methyl sites for hydroxylation is 1. The van der Waals surface area contributed by atoms with Crippen LogP contribution in [0.5, 0.6) is 0 Å². The molecule has 0 aliphatic carbocycles. The van der Waals surface area contributed by atoms with Gasteiger partial charge in [0, 0.05) is 36.7 Å². The molecule has 0 aliphatic rings. The number of carbonyl (C=O) groups excluding carboxylic acids is 1. The number of amides is 1. The van der Waals surface area contributed by atoms with Gasteiger partial charge in [0.1, 0.15) is 0 Å². The molecule has 0 fully saturated rings. The lowest BCUT2D eigenvalue weighted by atomic mass is 10.2. The number of carbonyl (C=O) groups is 1. The van der Waals surface area contributed by atoms with E-state index in [1.54, 1.807) is 30.5 Å². The smallest absolute Gasteiger partial charge is 0.251 e. The standard InChI is InChI=1S/C13H17N5O/c14-17-12-5-3-11(4-6-12)13(19)15-7-1-9-18-10-2-8-16-18/h2-6,8,10,17H,1,7,9,14H2,(H,15,19). The van der Waals surface area contributed by atoms with Crippen LogP contribution in [0.2, 0.25) is 0 Å². The van der Waals surface area contributed by atoms with E-state index in [1.807, 2.05) is 16.9 Å². The Bertz CT molecular complexity index is 506. The number of rotatable bonds is 6. The van der Waals surface area contributed by atoms with Crippen LogP contribution in [0.25, 0.3) is 0 Å². The zero-order chi connectivity index (χ0) is 13.5. The Morgan fingerprint density at radius 1 is 1.32 bits per heavy atom. The van der Waals surface area contributed by atoms with Crippen molar-refractivity contribution in [2.45, 2.75) is 13.0 Å². The highest BCUT2D eigenvalue weighted by Crippen LogP contribution is 2.07. The number of nitrogens with zero attached hydrogens (tertiary/aromatic N) is 2. The minimum atomic E-state index is -0.0796. The van der Waals surface area contributed by atoms with E-state index in [9.17, 15) is 4.79 Å². The summed E-state index contributed by atoms with van der Waals surface area (Å²) in [5, 5.41) is 6.96. The summed E-state index contributed by atoms with van der Waals surface area (Å²) in [4.78, 5) is 11.8.